The van der Waals surface area contributed by atoms with E-state index >= 15 is 0 Å². The largest absolute Gasteiger partial charge is 0.492 e. The normalized spacial score (nSPS) is 11.4. The highest BCUT2D eigenvalue weighted by Gasteiger charge is 2.18. The van der Waals surface area contributed by atoms with Gasteiger partial charge < -0.3 is 37.6 Å². The highest BCUT2D eigenvalue weighted by Crippen LogP contribution is 2.26. The predicted molar refractivity (Wildman–Crippen MR) is 186 cm³/mol. The molecule has 0 unspecified atom stereocenters. The number of nitrogens with zero attached hydrogens (tertiary/aromatic N) is 3. The van der Waals surface area contributed by atoms with Gasteiger partial charge in [-0.25, -0.2) is 9.59 Å². The van der Waals surface area contributed by atoms with Crippen LogP contribution in [0.15, 0.2) is 70.6 Å². The van der Waals surface area contributed by atoms with Gasteiger partial charge in [-0.3, -0.25) is 9.56 Å². The number of H-pyrrole nitrogens is 1. The van der Waals surface area contributed by atoms with Crippen LogP contribution in [0.1, 0.15) is 64.8 Å². The Hall–Kier alpha value is -4.84. The SMILES string of the molecule is CC(C)(C)c1cc2cn(-c3ccc(CNCCCN=C(N)N)cc3)c(=O)nc2[nH]1.CC(C)(C)c1cccc(OCCNC(N)=O)c1. The molecule has 0 fully saturated rings. The average molecular weight is 632 g/mol. The van der Waals surface area contributed by atoms with Crippen molar-refractivity contribution in [3.8, 4) is 11.4 Å². The van der Waals surface area contributed by atoms with Crippen molar-refractivity contribution in [1.29, 1.82) is 0 Å². The van der Waals surface area contributed by atoms with Gasteiger partial charge in [-0.2, -0.15) is 4.98 Å². The third kappa shape index (κ3) is 11.3. The molecule has 12 heteroatoms. The van der Waals surface area contributed by atoms with E-state index in [1.54, 1.807) is 4.57 Å². The zero-order valence-corrected chi connectivity index (χ0v) is 27.8. The van der Waals surface area contributed by atoms with Gasteiger partial charge in [0.05, 0.1) is 12.2 Å². The molecule has 0 atom stereocenters. The first-order valence-corrected chi connectivity index (χ1v) is 15.4. The fraction of sp³-hybridized carbons (Fsp3) is 0.412. The smallest absolute Gasteiger partial charge is 0.354 e. The number of aliphatic imine (C=N–C) groups is 1. The molecular formula is C34H49N9O3. The van der Waals surface area contributed by atoms with Crippen molar-refractivity contribution in [3.05, 3.63) is 88.1 Å². The molecule has 0 bridgehead atoms. The molecule has 2 aromatic heterocycles. The second-order valence-electron chi connectivity index (χ2n) is 13.1. The van der Waals surface area contributed by atoms with Crippen molar-refractivity contribution in [3.63, 3.8) is 0 Å². The third-order valence-corrected chi connectivity index (χ3v) is 7.04. The maximum atomic E-state index is 12.5. The Bertz CT molecular complexity index is 1660. The van der Waals surface area contributed by atoms with E-state index in [2.05, 4.69) is 79.3 Å². The van der Waals surface area contributed by atoms with Gasteiger partial charge >= 0.3 is 11.7 Å². The van der Waals surface area contributed by atoms with Crippen LogP contribution < -0.4 is 38.3 Å². The summed E-state index contributed by atoms with van der Waals surface area (Å²) in [5.74, 6) is 0.932. The van der Waals surface area contributed by atoms with Gasteiger partial charge in [-0.1, -0.05) is 65.8 Å². The summed E-state index contributed by atoms with van der Waals surface area (Å²) in [4.78, 5) is 34.4. The minimum absolute atomic E-state index is 0.0352. The van der Waals surface area contributed by atoms with Crippen molar-refractivity contribution in [2.24, 2.45) is 22.2 Å². The number of guanidine groups is 1. The van der Waals surface area contributed by atoms with E-state index < -0.39 is 6.03 Å². The van der Waals surface area contributed by atoms with Crippen LogP contribution in [0.5, 0.6) is 5.75 Å². The maximum absolute atomic E-state index is 12.5. The number of amides is 2. The fourth-order valence-electron chi connectivity index (χ4n) is 4.40. The summed E-state index contributed by atoms with van der Waals surface area (Å²) in [5.41, 5.74) is 20.1. The lowest BCUT2D eigenvalue weighted by Crippen LogP contribution is -2.32. The van der Waals surface area contributed by atoms with Gasteiger partial charge in [0.25, 0.3) is 0 Å². The molecule has 4 rings (SSSR count). The molecule has 0 saturated heterocycles. The van der Waals surface area contributed by atoms with Crippen LogP contribution in [0.25, 0.3) is 16.7 Å². The highest BCUT2D eigenvalue weighted by atomic mass is 16.5. The van der Waals surface area contributed by atoms with Crippen molar-refractivity contribution >= 4 is 23.0 Å². The van der Waals surface area contributed by atoms with E-state index in [0.29, 0.717) is 25.3 Å². The number of hydrogen-bond acceptors (Lipinski definition) is 6. The molecule has 248 valence electrons. The van der Waals surface area contributed by atoms with E-state index in [1.165, 1.54) is 5.56 Å². The number of fused-ring (bicyclic) bond motifs is 1. The zero-order valence-electron chi connectivity index (χ0n) is 27.8. The van der Waals surface area contributed by atoms with Gasteiger partial charge in [0, 0.05) is 35.8 Å². The first kappa shape index (κ1) is 35.6. The Morgan fingerprint density at radius 3 is 2.33 bits per heavy atom. The van der Waals surface area contributed by atoms with Crippen molar-refractivity contribution < 1.29 is 9.53 Å². The zero-order chi connectivity index (χ0) is 33.9. The number of primary amides is 1. The second-order valence-corrected chi connectivity index (χ2v) is 13.1. The van der Waals surface area contributed by atoms with Crippen LogP contribution in [0.3, 0.4) is 0 Å². The minimum Gasteiger partial charge on any atom is -0.492 e. The topological polar surface area (TPSA) is 191 Å². The third-order valence-electron chi connectivity index (χ3n) is 7.04. The van der Waals surface area contributed by atoms with Gasteiger partial charge in [-0.15, -0.1) is 0 Å². The van der Waals surface area contributed by atoms with Crippen molar-refractivity contribution in [1.82, 2.24) is 25.2 Å². The van der Waals surface area contributed by atoms with Gasteiger partial charge in [0.15, 0.2) is 5.96 Å². The van der Waals surface area contributed by atoms with Crippen LogP contribution in [0.4, 0.5) is 4.79 Å². The first-order valence-electron chi connectivity index (χ1n) is 15.4. The molecule has 0 spiro atoms. The van der Waals surface area contributed by atoms with Gasteiger partial charge in [0.1, 0.15) is 18.0 Å². The van der Waals surface area contributed by atoms with Gasteiger partial charge in [0.2, 0.25) is 0 Å². The lowest BCUT2D eigenvalue weighted by atomic mass is 9.87. The van der Waals surface area contributed by atoms with Gasteiger partial charge in [-0.05, 0) is 59.8 Å². The Kier molecular flexibility index (Phi) is 12.3. The van der Waals surface area contributed by atoms with E-state index in [-0.39, 0.29) is 22.5 Å². The Morgan fingerprint density at radius 1 is 0.978 bits per heavy atom. The summed E-state index contributed by atoms with van der Waals surface area (Å²) in [6.45, 7) is 15.8. The van der Waals surface area contributed by atoms with Crippen molar-refractivity contribution in [2.75, 3.05) is 26.2 Å². The lowest BCUT2D eigenvalue weighted by molar-refractivity contribution is 0.244. The summed E-state index contributed by atoms with van der Waals surface area (Å²) in [5, 5.41) is 6.74. The molecule has 9 N–H and O–H groups in total. The lowest BCUT2D eigenvalue weighted by Gasteiger charge is -2.19. The molecule has 46 heavy (non-hydrogen) atoms. The number of aromatic amines is 1. The molecule has 0 aliphatic carbocycles. The summed E-state index contributed by atoms with van der Waals surface area (Å²) >= 11 is 0. The number of benzene rings is 2. The first-order chi connectivity index (χ1) is 21.6. The average Bonchev–Trinajstić information content (AvgIpc) is 3.41. The van der Waals surface area contributed by atoms with E-state index in [0.717, 1.165) is 47.6 Å². The minimum atomic E-state index is -0.531. The molecule has 0 aliphatic rings. The van der Waals surface area contributed by atoms with E-state index in [1.807, 2.05) is 48.7 Å². The molecule has 2 amide bonds. The second kappa shape index (κ2) is 15.9. The molecule has 12 nitrogen and oxygen atoms in total. The molecule has 0 aliphatic heterocycles. The maximum Gasteiger partial charge on any atom is 0.354 e. The molecule has 2 aromatic carbocycles. The predicted octanol–water partition coefficient (Wildman–Crippen LogP) is 3.80. The number of urea groups is 1. The number of nitrogens with two attached hydrogens (primary N) is 3. The monoisotopic (exact) mass is 631 g/mol. The van der Waals surface area contributed by atoms with E-state index in [4.69, 9.17) is 21.9 Å². The number of nitrogens with one attached hydrogen (secondary N) is 3. The summed E-state index contributed by atoms with van der Waals surface area (Å²) in [6.07, 6.45) is 2.71. The van der Waals surface area contributed by atoms with Crippen LogP contribution in [0, 0.1) is 0 Å². The van der Waals surface area contributed by atoms with Crippen LogP contribution in [0.2, 0.25) is 0 Å². The number of rotatable bonds is 11. The standard InChI is InChI=1S/C21H29N7O.C13H20N2O2/c1-21(2,3)17-11-15-13-28(20(29)27-18(15)26-17)16-7-5-14(6-8-16)12-24-9-4-10-25-19(22)23;1-13(2,3)10-5-4-6-11(9-10)17-8-7-15-12(14)16/h5-8,11,13,24H,4,9-10,12H2,1-3H3,(H4,22,23,25)(H,26,27,29);4-6,9H,7-8H2,1-3H3,(H3,14,15,16). The Morgan fingerprint density at radius 2 is 1.70 bits per heavy atom. The number of hydrogen-bond donors (Lipinski definition) is 6. The molecule has 4 aromatic rings. The highest BCUT2D eigenvalue weighted by molar-refractivity contribution is 5.76. The molecule has 0 saturated carbocycles. The summed E-state index contributed by atoms with van der Waals surface area (Å²) in [6, 6.07) is 17.4. The summed E-state index contributed by atoms with van der Waals surface area (Å²) < 4.78 is 7.10. The fourth-order valence-corrected chi connectivity index (χ4v) is 4.40. The van der Waals surface area contributed by atoms with Crippen molar-refractivity contribution in [2.45, 2.75) is 65.3 Å². The molecule has 2 heterocycles. The molecular weight excluding hydrogens is 582 g/mol. The number of carbonyl (C=O) groups excluding carboxylic acids is 1. The number of carbonyl (C=O) groups is 1. The van der Waals surface area contributed by atoms with Crippen LogP contribution in [-0.2, 0) is 17.4 Å². The number of ether oxygens (including phenoxy) is 1. The quantitative estimate of drug-likeness (QED) is 0.0824. The molecule has 0 radical (unpaired) electrons. The Labute approximate surface area is 270 Å². The van der Waals surface area contributed by atoms with Crippen LogP contribution in [-0.4, -0.2) is 52.8 Å². The summed E-state index contributed by atoms with van der Waals surface area (Å²) in [7, 11) is 0. The Balaban J connectivity index is 0.000000289. The number of aromatic nitrogens is 3. The van der Waals surface area contributed by atoms with Crippen LogP contribution >= 0.6 is 0 Å². The van der Waals surface area contributed by atoms with E-state index in [9.17, 15) is 9.59 Å².